The van der Waals surface area contributed by atoms with Crippen LogP contribution < -0.4 is 0 Å². The number of aliphatic hydroxyl groups is 1. The van der Waals surface area contributed by atoms with E-state index in [2.05, 4.69) is 22.5 Å². The molecule has 3 aromatic heterocycles. The number of aliphatic hydroxyl groups excluding tert-OH is 1. The summed E-state index contributed by atoms with van der Waals surface area (Å²) in [6.07, 6.45) is 3.09. The molecular weight excluding hydrogens is 262 g/mol. The Hall–Kier alpha value is -1.23. The van der Waals surface area contributed by atoms with Crippen LogP contribution in [0.5, 0.6) is 0 Å². The van der Waals surface area contributed by atoms with Crippen LogP contribution in [0.3, 0.4) is 0 Å². The molecule has 0 radical (unpaired) electrons. The lowest BCUT2D eigenvalue weighted by Gasteiger charge is -2.17. The van der Waals surface area contributed by atoms with Gasteiger partial charge in [0.15, 0.2) is 0 Å². The minimum Gasteiger partial charge on any atom is -0.387 e. The summed E-state index contributed by atoms with van der Waals surface area (Å²) in [5, 5.41) is 12.5. The van der Waals surface area contributed by atoms with Crippen LogP contribution in [0.15, 0.2) is 42.0 Å². The lowest BCUT2D eigenvalue weighted by atomic mass is 9.95. The summed E-state index contributed by atoms with van der Waals surface area (Å²) in [6, 6.07) is 8.14. The molecular formula is C14H13NOS2. The number of hydrogen-bond acceptors (Lipinski definition) is 4. The summed E-state index contributed by atoms with van der Waals surface area (Å²) in [5.74, 6) is 0.0840. The third-order valence-corrected chi connectivity index (χ3v) is 5.32. The lowest BCUT2D eigenvalue weighted by Crippen LogP contribution is -2.06. The van der Waals surface area contributed by atoms with Gasteiger partial charge >= 0.3 is 0 Å². The second kappa shape index (κ2) is 4.80. The van der Waals surface area contributed by atoms with Crippen LogP contribution in [0.25, 0.3) is 9.40 Å². The highest BCUT2D eigenvalue weighted by Crippen LogP contribution is 2.38. The van der Waals surface area contributed by atoms with Gasteiger partial charge in [0.2, 0.25) is 0 Å². The van der Waals surface area contributed by atoms with Gasteiger partial charge in [-0.2, -0.15) is 0 Å². The average Bonchev–Trinajstić information content (AvgIpc) is 2.99. The molecule has 0 saturated carbocycles. The van der Waals surface area contributed by atoms with E-state index in [1.165, 1.54) is 9.40 Å². The second-order valence-electron chi connectivity index (χ2n) is 4.31. The van der Waals surface area contributed by atoms with E-state index in [-0.39, 0.29) is 5.92 Å². The highest BCUT2D eigenvalue weighted by atomic mass is 32.1. The van der Waals surface area contributed by atoms with Gasteiger partial charge in [-0.15, -0.1) is 22.7 Å². The van der Waals surface area contributed by atoms with Crippen LogP contribution in [-0.4, -0.2) is 10.1 Å². The number of hydrogen-bond donors (Lipinski definition) is 1. The maximum atomic E-state index is 10.5. The fourth-order valence-electron chi connectivity index (χ4n) is 2.03. The Kier molecular flexibility index (Phi) is 3.16. The van der Waals surface area contributed by atoms with Crippen molar-refractivity contribution < 1.29 is 5.11 Å². The molecule has 3 rings (SSSR count). The molecule has 0 spiro atoms. The van der Waals surface area contributed by atoms with Gasteiger partial charge in [-0.3, -0.25) is 4.98 Å². The van der Waals surface area contributed by atoms with Crippen LogP contribution in [0.1, 0.15) is 29.4 Å². The molecule has 0 aliphatic carbocycles. The maximum absolute atomic E-state index is 10.5. The normalized spacial score (nSPS) is 14.8. The second-order valence-corrected chi connectivity index (χ2v) is 6.37. The fourth-order valence-corrected chi connectivity index (χ4v) is 4.24. The highest BCUT2D eigenvalue weighted by molar-refractivity contribution is 7.26. The zero-order valence-electron chi connectivity index (χ0n) is 9.91. The minimum absolute atomic E-state index is 0.0840. The van der Waals surface area contributed by atoms with E-state index >= 15 is 0 Å². The van der Waals surface area contributed by atoms with Crippen LogP contribution >= 0.6 is 22.7 Å². The van der Waals surface area contributed by atoms with Gasteiger partial charge in [0.25, 0.3) is 0 Å². The molecule has 0 aliphatic rings. The van der Waals surface area contributed by atoms with Crippen LogP contribution in [0, 0.1) is 0 Å². The summed E-state index contributed by atoms with van der Waals surface area (Å²) in [6.45, 7) is 2.05. The topological polar surface area (TPSA) is 33.1 Å². The molecule has 92 valence electrons. The van der Waals surface area contributed by atoms with Crippen molar-refractivity contribution in [3.05, 3.63) is 52.5 Å². The van der Waals surface area contributed by atoms with E-state index in [1.807, 2.05) is 19.1 Å². The number of thiophene rings is 2. The van der Waals surface area contributed by atoms with Crippen molar-refractivity contribution in [2.45, 2.75) is 18.9 Å². The number of rotatable bonds is 3. The Balaban J connectivity index is 1.90. The summed E-state index contributed by atoms with van der Waals surface area (Å²) < 4.78 is 2.52. The van der Waals surface area contributed by atoms with Crippen LogP contribution in [0.2, 0.25) is 0 Å². The molecule has 18 heavy (non-hydrogen) atoms. The first-order valence-corrected chi connectivity index (χ1v) is 7.50. The molecule has 3 aromatic rings. The first kappa shape index (κ1) is 11.8. The summed E-state index contributed by atoms with van der Waals surface area (Å²) >= 11 is 3.40. The Morgan fingerprint density at radius 3 is 2.67 bits per heavy atom. The van der Waals surface area contributed by atoms with Gasteiger partial charge in [-0.25, -0.2) is 0 Å². The van der Waals surface area contributed by atoms with Crippen molar-refractivity contribution in [3.8, 4) is 0 Å². The monoisotopic (exact) mass is 275 g/mol. The molecule has 0 aromatic carbocycles. The Bertz CT molecular complexity index is 615. The van der Waals surface area contributed by atoms with Crippen molar-refractivity contribution in [2.75, 3.05) is 0 Å². The van der Waals surface area contributed by atoms with Crippen molar-refractivity contribution >= 4 is 32.1 Å². The van der Waals surface area contributed by atoms with E-state index < -0.39 is 6.10 Å². The van der Waals surface area contributed by atoms with Gasteiger partial charge in [0.1, 0.15) is 0 Å². The molecule has 2 unspecified atom stereocenters. The van der Waals surface area contributed by atoms with Gasteiger partial charge < -0.3 is 5.11 Å². The summed E-state index contributed by atoms with van der Waals surface area (Å²) in [4.78, 5) is 5.05. The van der Waals surface area contributed by atoms with Gasteiger partial charge in [0, 0.05) is 32.6 Å². The Morgan fingerprint density at radius 1 is 1.17 bits per heavy atom. The van der Waals surface area contributed by atoms with Crippen molar-refractivity contribution in [1.29, 1.82) is 0 Å². The molecule has 2 atom stereocenters. The van der Waals surface area contributed by atoms with Crippen LogP contribution in [0.4, 0.5) is 0 Å². The first-order chi connectivity index (χ1) is 8.75. The van der Waals surface area contributed by atoms with Crippen molar-refractivity contribution in [2.24, 2.45) is 0 Å². The molecule has 1 N–H and O–H groups in total. The minimum atomic E-state index is -0.447. The van der Waals surface area contributed by atoms with E-state index in [4.69, 9.17) is 0 Å². The molecule has 0 fully saturated rings. The summed E-state index contributed by atoms with van der Waals surface area (Å²) in [5.41, 5.74) is 1.12. The molecule has 0 amide bonds. The number of pyridine rings is 1. The predicted molar refractivity (Wildman–Crippen MR) is 77.3 cm³/mol. The van der Waals surface area contributed by atoms with Gasteiger partial charge in [-0.05, 0) is 35.2 Å². The maximum Gasteiger partial charge on any atom is 0.0948 e. The number of nitrogens with zero attached hydrogens (tertiary/aromatic N) is 1. The zero-order valence-corrected chi connectivity index (χ0v) is 11.5. The molecule has 0 saturated heterocycles. The van der Waals surface area contributed by atoms with Gasteiger partial charge in [0.05, 0.1) is 6.10 Å². The Morgan fingerprint density at radius 2 is 1.94 bits per heavy atom. The fraction of sp³-hybridized carbons (Fsp3) is 0.214. The van der Waals surface area contributed by atoms with Crippen molar-refractivity contribution in [3.63, 3.8) is 0 Å². The van der Waals surface area contributed by atoms with E-state index in [1.54, 1.807) is 35.1 Å². The summed E-state index contributed by atoms with van der Waals surface area (Å²) in [7, 11) is 0. The molecule has 3 heterocycles. The Labute approximate surface area is 114 Å². The van der Waals surface area contributed by atoms with Crippen LogP contribution in [-0.2, 0) is 0 Å². The SMILES string of the molecule is CC(c1ccncc1)C(O)c1cc2sccc2s1. The first-order valence-electron chi connectivity index (χ1n) is 5.80. The number of aromatic nitrogens is 1. The quantitative estimate of drug-likeness (QED) is 0.777. The average molecular weight is 275 g/mol. The van der Waals surface area contributed by atoms with E-state index in [9.17, 15) is 5.11 Å². The van der Waals surface area contributed by atoms with Crippen molar-refractivity contribution in [1.82, 2.24) is 4.98 Å². The molecule has 0 aliphatic heterocycles. The largest absolute Gasteiger partial charge is 0.387 e. The third kappa shape index (κ3) is 2.07. The molecule has 4 heteroatoms. The lowest BCUT2D eigenvalue weighted by molar-refractivity contribution is 0.155. The highest BCUT2D eigenvalue weighted by Gasteiger charge is 2.20. The standard InChI is InChI=1S/C14H13NOS2/c1-9(10-2-5-15-6-3-10)14(16)13-8-12-11(18-13)4-7-17-12/h2-9,14,16H,1H3. The predicted octanol–water partition coefficient (Wildman–Crippen LogP) is 4.19. The van der Waals surface area contributed by atoms with E-state index in [0.717, 1.165) is 10.4 Å². The third-order valence-electron chi connectivity index (χ3n) is 3.16. The smallest absolute Gasteiger partial charge is 0.0948 e. The molecule has 2 nitrogen and oxygen atoms in total. The molecule has 0 bridgehead atoms. The van der Waals surface area contributed by atoms with Gasteiger partial charge in [-0.1, -0.05) is 6.92 Å². The van der Waals surface area contributed by atoms with E-state index in [0.29, 0.717) is 0 Å². The zero-order chi connectivity index (χ0) is 12.5. The number of fused-ring (bicyclic) bond motifs is 1.